The number of hydrogen-bond acceptors (Lipinski definition) is 4. The van der Waals surface area contributed by atoms with E-state index < -0.39 is 15.9 Å². The molecule has 0 bridgehead atoms. The van der Waals surface area contributed by atoms with Gasteiger partial charge in [0, 0.05) is 23.2 Å². The molecule has 24 heavy (non-hydrogen) atoms. The van der Waals surface area contributed by atoms with Crippen LogP contribution >= 0.6 is 11.6 Å². The number of primary sulfonamides is 1. The van der Waals surface area contributed by atoms with Crippen molar-refractivity contribution in [1.82, 2.24) is 0 Å². The van der Waals surface area contributed by atoms with Gasteiger partial charge in [0.05, 0.1) is 7.11 Å². The van der Waals surface area contributed by atoms with Crippen molar-refractivity contribution >= 4 is 46.5 Å². The summed E-state index contributed by atoms with van der Waals surface area (Å²) in [4.78, 5) is 12.1. The van der Waals surface area contributed by atoms with Crippen LogP contribution in [0.25, 0.3) is 0 Å². The van der Waals surface area contributed by atoms with Crippen LogP contribution in [0.1, 0.15) is 15.9 Å². The maximum atomic E-state index is 12.3. The standard InChI is InChI=1S/C15H14BClN2O4S/c1-23-13-7-11(3-5-14(13)24(18,21)22)19-15(20)9-2-4-12(16)10(6-9)8-17/h2-7H,8H2,1H3,(H,19,20)(H2,18,21,22). The number of carbonyl (C=O) groups is 1. The van der Waals surface area contributed by atoms with Gasteiger partial charge >= 0.3 is 0 Å². The Bertz CT molecular complexity index is 887. The molecule has 0 unspecified atom stereocenters. The van der Waals surface area contributed by atoms with Crippen LogP contribution in [0.2, 0.25) is 0 Å². The quantitative estimate of drug-likeness (QED) is 0.613. The van der Waals surface area contributed by atoms with Crippen LogP contribution in [0.15, 0.2) is 41.3 Å². The van der Waals surface area contributed by atoms with E-state index in [4.69, 9.17) is 29.3 Å². The zero-order chi connectivity index (χ0) is 17.9. The number of sulfonamides is 1. The second-order valence-electron chi connectivity index (χ2n) is 4.91. The van der Waals surface area contributed by atoms with Crippen molar-refractivity contribution in [1.29, 1.82) is 0 Å². The number of nitrogens with two attached hydrogens (primary N) is 1. The highest BCUT2D eigenvalue weighted by atomic mass is 35.5. The average molecular weight is 365 g/mol. The van der Waals surface area contributed by atoms with Crippen LogP contribution in [0.5, 0.6) is 5.75 Å². The molecule has 2 aromatic rings. The maximum absolute atomic E-state index is 12.3. The molecule has 0 aliphatic carbocycles. The number of nitrogens with one attached hydrogen (secondary N) is 1. The van der Waals surface area contributed by atoms with Crippen molar-refractivity contribution in [2.45, 2.75) is 10.8 Å². The molecular weight excluding hydrogens is 351 g/mol. The van der Waals surface area contributed by atoms with Crippen LogP contribution in [0.4, 0.5) is 5.69 Å². The smallest absolute Gasteiger partial charge is 0.255 e. The molecule has 0 spiro atoms. The lowest BCUT2D eigenvalue weighted by Gasteiger charge is -2.11. The summed E-state index contributed by atoms with van der Waals surface area (Å²) in [7, 11) is 3.13. The molecule has 0 aliphatic heterocycles. The lowest BCUT2D eigenvalue weighted by Crippen LogP contribution is -2.17. The van der Waals surface area contributed by atoms with Gasteiger partial charge in [0.15, 0.2) is 0 Å². The fraction of sp³-hybridized carbons (Fsp3) is 0.133. The summed E-state index contributed by atoms with van der Waals surface area (Å²) in [5.74, 6) is -0.176. The Morgan fingerprint density at radius 2 is 2.00 bits per heavy atom. The summed E-state index contributed by atoms with van der Waals surface area (Å²) in [6.07, 6.45) is 0. The Balaban J connectivity index is 2.29. The third-order valence-corrected chi connectivity index (χ3v) is 4.52. The molecule has 1 amide bonds. The van der Waals surface area contributed by atoms with Gasteiger partial charge in [-0.3, -0.25) is 4.79 Å². The van der Waals surface area contributed by atoms with Crippen LogP contribution in [-0.4, -0.2) is 29.3 Å². The van der Waals surface area contributed by atoms with Gasteiger partial charge < -0.3 is 10.1 Å². The minimum atomic E-state index is -3.92. The van der Waals surface area contributed by atoms with Crippen LogP contribution in [0.3, 0.4) is 0 Å². The van der Waals surface area contributed by atoms with Gasteiger partial charge in [0.1, 0.15) is 18.5 Å². The minimum Gasteiger partial charge on any atom is -0.495 e. The fourth-order valence-electron chi connectivity index (χ4n) is 2.05. The molecule has 3 N–H and O–H groups in total. The first-order valence-electron chi connectivity index (χ1n) is 6.73. The van der Waals surface area contributed by atoms with Gasteiger partial charge in [-0.15, -0.1) is 11.6 Å². The number of ether oxygens (including phenoxy) is 1. The Labute approximate surface area is 146 Å². The number of hydrogen-bond donors (Lipinski definition) is 2. The van der Waals surface area contributed by atoms with E-state index in [1.807, 2.05) is 0 Å². The molecule has 2 radical (unpaired) electrons. The molecule has 0 aromatic heterocycles. The normalized spacial score (nSPS) is 11.1. The van der Waals surface area contributed by atoms with E-state index >= 15 is 0 Å². The zero-order valence-electron chi connectivity index (χ0n) is 12.7. The topological polar surface area (TPSA) is 98.5 Å². The Morgan fingerprint density at radius 3 is 2.58 bits per heavy atom. The highest BCUT2D eigenvalue weighted by Gasteiger charge is 2.16. The number of benzene rings is 2. The molecule has 6 nitrogen and oxygen atoms in total. The molecule has 0 aliphatic rings. The molecule has 0 heterocycles. The summed E-state index contributed by atoms with van der Waals surface area (Å²) >= 11 is 5.77. The van der Waals surface area contributed by atoms with E-state index in [0.29, 0.717) is 22.3 Å². The molecule has 0 saturated carbocycles. The van der Waals surface area contributed by atoms with E-state index in [2.05, 4.69) is 5.32 Å². The first-order valence-corrected chi connectivity index (χ1v) is 8.81. The highest BCUT2D eigenvalue weighted by Crippen LogP contribution is 2.26. The van der Waals surface area contributed by atoms with Crippen molar-refractivity contribution in [2.24, 2.45) is 5.14 Å². The first kappa shape index (κ1) is 18.3. The van der Waals surface area contributed by atoms with Gasteiger partial charge in [-0.1, -0.05) is 17.6 Å². The van der Waals surface area contributed by atoms with E-state index in [0.717, 1.165) is 0 Å². The minimum absolute atomic E-state index is 0.0362. The molecule has 9 heteroatoms. The van der Waals surface area contributed by atoms with Gasteiger partial charge in [0.2, 0.25) is 10.0 Å². The molecule has 0 fully saturated rings. The highest BCUT2D eigenvalue weighted by molar-refractivity contribution is 7.89. The molecule has 0 saturated heterocycles. The largest absolute Gasteiger partial charge is 0.495 e. The van der Waals surface area contributed by atoms with Crippen LogP contribution in [-0.2, 0) is 15.9 Å². The number of halogens is 1. The molecule has 2 aromatic carbocycles. The Morgan fingerprint density at radius 1 is 1.29 bits per heavy atom. The number of carbonyl (C=O) groups excluding carboxylic acids is 1. The second kappa shape index (κ2) is 7.25. The van der Waals surface area contributed by atoms with Gasteiger partial charge in [-0.05, 0) is 23.8 Å². The molecular formula is C15H14BClN2O4S. The SMILES string of the molecule is [B]c1ccc(C(=O)Nc2ccc(S(N)(=O)=O)c(OC)c2)cc1CCl. The third kappa shape index (κ3) is 4.08. The monoisotopic (exact) mass is 364 g/mol. The van der Waals surface area contributed by atoms with Crippen molar-refractivity contribution in [3.05, 3.63) is 47.5 Å². The average Bonchev–Trinajstić information content (AvgIpc) is 2.54. The van der Waals surface area contributed by atoms with Crippen molar-refractivity contribution in [2.75, 3.05) is 12.4 Å². The van der Waals surface area contributed by atoms with E-state index in [1.54, 1.807) is 18.2 Å². The van der Waals surface area contributed by atoms with E-state index in [9.17, 15) is 13.2 Å². The fourth-order valence-corrected chi connectivity index (χ4v) is 2.96. The second-order valence-corrected chi connectivity index (χ2v) is 6.71. The molecule has 124 valence electrons. The molecule has 0 atom stereocenters. The van der Waals surface area contributed by atoms with Crippen molar-refractivity contribution < 1.29 is 17.9 Å². The Hall–Kier alpha value is -2.03. The predicted molar refractivity (Wildman–Crippen MR) is 93.7 cm³/mol. The number of amides is 1. The van der Waals surface area contributed by atoms with Crippen LogP contribution in [0, 0.1) is 0 Å². The summed E-state index contributed by atoms with van der Waals surface area (Å²) in [6.45, 7) is 0. The number of anilines is 1. The summed E-state index contributed by atoms with van der Waals surface area (Å²) in [6, 6.07) is 8.80. The predicted octanol–water partition coefficient (Wildman–Crippen LogP) is 1.13. The van der Waals surface area contributed by atoms with Crippen molar-refractivity contribution in [3.8, 4) is 5.75 Å². The van der Waals surface area contributed by atoms with Gasteiger partial charge in [-0.25, -0.2) is 13.6 Å². The van der Waals surface area contributed by atoms with Crippen molar-refractivity contribution in [3.63, 3.8) is 0 Å². The number of rotatable bonds is 5. The molecule has 2 rings (SSSR count). The zero-order valence-corrected chi connectivity index (χ0v) is 14.3. The summed E-state index contributed by atoms with van der Waals surface area (Å²) < 4.78 is 27.9. The van der Waals surface area contributed by atoms with Gasteiger partial charge in [-0.2, -0.15) is 0 Å². The number of methoxy groups -OCH3 is 1. The summed E-state index contributed by atoms with van der Waals surface area (Å²) in [5, 5.41) is 7.75. The van der Waals surface area contributed by atoms with Gasteiger partial charge in [0.25, 0.3) is 5.91 Å². The Kier molecular flexibility index (Phi) is 5.53. The number of alkyl halides is 1. The first-order chi connectivity index (χ1) is 11.3. The third-order valence-electron chi connectivity index (χ3n) is 3.28. The maximum Gasteiger partial charge on any atom is 0.255 e. The van der Waals surface area contributed by atoms with E-state index in [1.165, 1.54) is 25.3 Å². The lowest BCUT2D eigenvalue weighted by molar-refractivity contribution is 0.102. The lowest BCUT2D eigenvalue weighted by atomic mass is 9.90. The summed E-state index contributed by atoms with van der Waals surface area (Å²) in [5.41, 5.74) is 1.87. The van der Waals surface area contributed by atoms with Crippen LogP contribution < -0.4 is 20.7 Å². The van der Waals surface area contributed by atoms with E-state index in [-0.39, 0.29) is 16.5 Å².